The summed E-state index contributed by atoms with van der Waals surface area (Å²) < 4.78 is 26.4. The number of hydrogen-bond donors (Lipinski definition) is 2. The summed E-state index contributed by atoms with van der Waals surface area (Å²) in [7, 11) is 0. The molecule has 5 nitrogen and oxygen atoms in total. The van der Waals surface area contributed by atoms with E-state index in [-0.39, 0.29) is 5.82 Å². The number of carbonyl (C=O) groups excluding carboxylic acids is 1. The number of aliphatic hydroxyl groups is 1. The standard InChI is InChI=1S/C28H31F2N3O2/c1-6-16(4)22(25(34)8-3)9-17(5)21(7-2)23-11-20-15-32-26(12-18(20)10-19(23)14-31)33-27(35)24-13-28(24,29)30/h7,9-12,15,24-25,34H,6,8,13H2,1-5H3,(H,32,33,35)/b17-9-,21-7+,22-16-. The summed E-state index contributed by atoms with van der Waals surface area (Å²) in [6, 6.07) is 7.39. The molecule has 2 unspecified atom stereocenters. The molecule has 1 aromatic carbocycles. The zero-order chi connectivity index (χ0) is 25.9. The van der Waals surface area contributed by atoms with Crippen LogP contribution in [-0.4, -0.2) is 28.0 Å². The van der Waals surface area contributed by atoms with Gasteiger partial charge in [-0.2, -0.15) is 5.26 Å². The van der Waals surface area contributed by atoms with E-state index in [9.17, 15) is 23.9 Å². The Kier molecular flexibility index (Phi) is 7.86. The number of nitrogens with zero attached hydrogens (tertiary/aromatic N) is 2. The smallest absolute Gasteiger partial charge is 0.260 e. The molecule has 7 heteroatoms. The van der Waals surface area contributed by atoms with Gasteiger partial charge in [-0.3, -0.25) is 4.79 Å². The average Bonchev–Trinajstić information content (AvgIpc) is 3.49. The van der Waals surface area contributed by atoms with Crippen molar-refractivity contribution in [1.82, 2.24) is 4.98 Å². The van der Waals surface area contributed by atoms with E-state index in [4.69, 9.17) is 0 Å². The maximum atomic E-state index is 13.2. The largest absolute Gasteiger partial charge is 0.388 e. The maximum absolute atomic E-state index is 13.2. The predicted octanol–water partition coefficient (Wildman–Crippen LogP) is 6.55. The van der Waals surface area contributed by atoms with E-state index in [1.807, 2.05) is 45.9 Å². The number of anilines is 1. The fourth-order valence-corrected chi connectivity index (χ4v) is 4.12. The lowest BCUT2D eigenvalue weighted by atomic mass is 9.89. The van der Waals surface area contributed by atoms with Gasteiger partial charge in [0.15, 0.2) is 0 Å². The van der Waals surface area contributed by atoms with Crippen molar-refractivity contribution < 1.29 is 18.7 Å². The van der Waals surface area contributed by atoms with Crippen molar-refractivity contribution in [2.45, 2.75) is 65.9 Å². The van der Waals surface area contributed by atoms with Crippen LogP contribution in [0.5, 0.6) is 0 Å². The monoisotopic (exact) mass is 479 g/mol. The second kappa shape index (κ2) is 10.5. The Labute approximate surface area is 204 Å². The molecule has 35 heavy (non-hydrogen) atoms. The van der Waals surface area contributed by atoms with Gasteiger partial charge in [-0.25, -0.2) is 13.8 Å². The first kappa shape index (κ1) is 26.2. The van der Waals surface area contributed by atoms with Crippen molar-refractivity contribution in [3.63, 3.8) is 0 Å². The molecule has 1 aliphatic rings. The number of alkyl halides is 2. The summed E-state index contributed by atoms with van der Waals surface area (Å²) in [5.41, 5.74) is 4.93. The number of allylic oxidation sites excluding steroid dienone is 4. The Bertz CT molecular complexity index is 1290. The number of rotatable bonds is 8. The normalized spacial score (nSPS) is 19.1. The van der Waals surface area contributed by atoms with Crippen molar-refractivity contribution in [2.24, 2.45) is 5.92 Å². The van der Waals surface area contributed by atoms with E-state index in [1.165, 1.54) is 0 Å². The molecule has 3 rings (SSSR count). The highest BCUT2D eigenvalue weighted by Gasteiger charge is 2.61. The summed E-state index contributed by atoms with van der Waals surface area (Å²) >= 11 is 0. The van der Waals surface area contributed by atoms with E-state index in [2.05, 4.69) is 23.3 Å². The molecule has 1 amide bonds. The third-order valence-corrected chi connectivity index (χ3v) is 6.52. The number of aromatic nitrogens is 1. The second-order valence-corrected chi connectivity index (χ2v) is 8.98. The summed E-state index contributed by atoms with van der Waals surface area (Å²) in [6.07, 6.45) is 5.88. The van der Waals surface area contributed by atoms with Crippen molar-refractivity contribution in [3.8, 4) is 6.07 Å². The number of carbonyl (C=O) groups is 1. The quantitative estimate of drug-likeness (QED) is 0.421. The van der Waals surface area contributed by atoms with Gasteiger partial charge in [0.25, 0.3) is 5.92 Å². The molecule has 184 valence electrons. The molecule has 0 bridgehead atoms. The van der Waals surface area contributed by atoms with E-state index in [0.717, 1.165) is 39.7 Å². The highest BCUT2D eigenvalue weighted by atomic mass is 19.3. The molecule has 0 radical (unpaired) electrons. The Morgan fingerprint density at radius 1 is 1.31 bits per heavy atom. The van der Waals surface area contributed by atoms with Crippen LogP contribution in [-0.2, 0) is 4.79 Å². The van der Waals surface area contributed by atoms with Gasteiger partial charge >= 0.3 is 0 Å². The summed E-state index contributed by atoms with van der Waals surface area (Å²) in [4.78, 5) is 16.2. The lowest BCUT2D eigenvalue weighted by Gasteiger charge is -2.17. The third kappa shape index (κ3) is 5.66. The SMILES string of the molecule is C\C=C(/C(C)=C\C(=C(/C)CC)C(O)CC)c1cc2cnc(NC(=O)C3CC3(F)F)cc2cc1C#N. The van der Waals surface area contributed by atoms with Gasteiger partial charge in [-0.05, 0) is 73.9 Å². The van der Waals surface area contributed by atoms with E-state index < -0.39 is 30.3 Å². The molecule has 1 aromatic heterocycles. The van der Waals surface area contributed by atoms with Crippen LogP contribution in [0, 0.1) is 17.2 Å². The van der Waals surface area contributed by atoms with E-state index >= 15 is 0 Å². The van der Waals surface area contributed by atoms with E-state index in [0.29, 0.717) is 17.4 Å². The zero-order valence-electron chi connectivity index (χ0n) is 20.7. The third-order valence-electron chi connectivity index (χ3n) is 6.52. The van der Waals surface area contributed by atoms with Crippen LogP contribution in [0.2, 0.25) is 0 Å². The highest BCUT2D eigenvalue weighted by Crippen LogP contribution is 2.49. The van der Waals surface area contributed by atoms with E-state index in [1.54, 1.807) is 18.3 Å². The van der Waals surface area contributed by atoms with Crippen LogP contribution in [0.3, 0.4) is 0 Å². The lowest BCUT2D eigenvalue weighted by molar-refractivity contribution is -0.119. The first-order valence-corrected chi connectivity index (χ1v) is 11.8. The van der Waals surface area contributed by atoms with Crippen LogP contribution in [0.15, 0.2) is 53.3 Å². The number of amides is 1. The summed E-state index contributed by atoms with van der Waals surface area (Å²) in [6.45, 7) is 9.85. The van der Waals surface area contributed by atoms with Crippen LogP contribution < -0.4 is 5.32 Å². The first-order chi connectivity index (χ1) is 16.6. The lowest BCUT2D eigenvalue weighted by Crippen LogP contribution is -2.18. The molecule has 2 N–H and O–H groups in total. The number of aliphatic hydroxyl groups excluding tert-OH is 1. The molecular formula is C28H31F2N3O2. The number of nitrogens with one attached hydrogen (secondary N) is 1. The zero-order valence-corrected chi connectivity index (χ0v) is 20.7. The maximum Gasteiger partial charge on any atom is 0.260 e. The van der Waals surface area contributed by atoms with Gasteiger partial charge in [-0.1, -0.05) is 31.6 Å². The second-order valence-electron chi connectivity index (χ2n) is 8.98. The minimum absolute atomic E-state index is 0.169. The molecule has 1 fully saturated rings. The van der Waals surface area contributed by atoms with Crippen LogP contribution in [0.1, 0.15) is 65.0 Å². The minimum Gasteiger partial charge on any atom is -0.388 e. The van der Waals surface area contributed by atoms with Crippen molar-refractivity contribution in [3.05, 3.63) is 64.4 Å². The Hall–Kier alpha value is -3.37. The molecule has 0 spiro atoms. The number of pyridine rings is 1. The number of halogens is 2. The van der Waals surface area contributed by atoms with Crippen molar-refractivity contribution in [2.75, 3.05) is 5.32 Å². The summed E-state index contributed by atoms with van der Waals surface area (Å²) in [5, 5.41) is 24.3. The molecular weight excluding hydrogens is 448 g/mol. The number of benzene rings is 1. The Balaban J connectivity index is 1.99. The molecule has 2 aromatic rings. The molecule has 1 aliphatic carbocycles. The molecule has 1 heterocycles. The fourth-order valence-electron chi connectivity index (χ4n) is 4.12. The summed E-state index contributed by atoms with van der Waals surface area (Å²) in [5.74, 6) is -4.85. The fraction of sp³-hybridized carbons (Fsp3) is 0.393. The van der Waals surface area contributed by atoms with Crippen LogP contribution >= 0.6 is 0 Å². The van der Waals surface area contributed by atoms with Crippen molar-refractivity contribution >= 4 is 28.1 Å². The van der Waals surface area contributed by atoms with Gasteiger partial charge in [0, 0.05) is 23.6 Å². The minimum atomic E-state index is -2.95. The Morgan fingerprint density at radius 2 is 2.00 bits per heavy atom. The number of nitriles is 1. The number of hydrogen-bond acceptors (Lipinski definition) is 4. The van der Waals surface area contributed by atoms with Crippen LogP contribution in [0.4, 0.5) is 14.6 Å². The number of fused-ring (bicyclic) bond motifs is 1. The van der Waals surface area contributed by atoms with Crippen molar-refractivity contribution in [1.29, 1.82) is 5.26 Å². The average molecular weight is 480 g/mol. The molecule has 1 saturated carbocycles. The van der Waals surface area contributed by atoms with Gasteiger partial charge in [-0.15, -0.1) is 0 Å². The van der Waals surface area contributed by atoms with Gasteiger partial charge < -0.3 is 10.4 Å². The van der Waals surface area contributed by atoms with Gasteiger partial charge in [0.1, 0.15) is 11.7 Å². The van der Waals surface area contributed by atoms with Gasteiger partial charge in [0.05, 0.1) is 17.7 Å². The molecule has 0 saturated heterocycles. The molecule has 2 atom stereocenters. The van der Waals surface area contributed by atoms with Gasteiger partial charge in [0.2, 0.25) is 5.91 Å². The Morgan fingerprint density at radius 3 is 2.54 bits per heavy atom. The van der Waals surface area contributed by atoms with Crippen LogP contribution in [0.25, 0.3) is 16.3 Å². The highest BCUT2D eigenvalue weighted by molar-refractivity contribution is 5.97. The predicted molar refractivity (Wildman–Crippen MR) is 135 cm³/mol. The first-order valence-electron chi connectivity index (χ1n) is 11.8. The molecule has 0 aliphatic heterocycles. The topological polar surface area (TPSA) is 86.0 Å².